The molecule has 0 saturated carbocycles. The minimum Gasteiger partial charge on any atom is -0.399 e. The molecular formula is C14H13N5. The molecule has 2 aromatic heterocycles. The molecule has 0 aliphatic carbocycles. The molecule has 0 radical (unpaired) electrons. The second kappa shape index (κ2) is 4.53. The van der Waals surface area contributed by atoms with Crippen LogP contribution in [0.1, 0.15) is 5.69 Å². The highest BCUT2D eigenvalue weighted by Crippen LogP contribution is 2.21. The summed E-state index contributed by atoms with van der Waals surface area (Å²) in [6, 6.07) is 11.4. The summed E-state index contributed by atoms with van der Waals surface area (Å²) < 4.78 is 1.90. The van der Waals surface area contributed by atoms with E-state index in [2.05, 4.69) is 15.2 Å². The topological polar surface area (TPSA) is 69.6 Å². The van der Waals surface area contributed by atoms with Crippen molar-refractivity contribution in [2.45, 2.75) is 6.92 Å². The van der Waals surface area contributed by atoms with E-state index in [9.17, 15) is 0 Å². The maximum absolute atomic E-state index is 5.70. The lowest BCUT2D eigenvalue weighted by Crippen LogP contribution is -2.01. The van der Waals surface area contributed by atoms with Crippen LogP contribution in [-0.4, -0.2) is 19.7 Å². The predicted molar refractivity (Wildman–Crippen MR) is 73.7 cm³/mol. The number of nitrogens with zero attached hydrogens (tertiary/aromatic N) is 4. The van der Waals surface area contributed by atoms with Gasteiger partial charge in [0.15, 0.2) is 5.82 Å². The molecule has 0 aliphatic rings. The highest BCUT2D eigenvalue weighted by Gasteiger charge is 2.08. The molecule has 5 heteroatoms. The van der Waals surface area contributed by atoms with Crippen LogP contribution in [0.4, 0.5) is 5.69 Å². The van der Waals surface area contributed by atoms with Crippen LogP contribution in [0.15, 0.2) is 48.8 Å². The third-order valence-corrected chi connectivity index (χ3v) is 2.84. The van der Waals surface area contributed by atoms with Gasteiger partial charge in [-0.1, -0.05) is 0 Å². The molecule has 2 N–H and O–H groups in total. The Bertz CT molecular complexity index is 623. The quantitative estimate of drug-likeness (QED) is 0.709. The van der Waals surface area contributed by atoms with Crippen LogP contribution in [-0.2, 0) is 0 Å². The van der Waals surface area contributed by atoms with Crippen molar-refractivity contribution in [2.24, 2.45) is 0 Å². The molecule has 0 aliphatic heterocycles. The number of rotatable bonds is 2. The van der Waals surface area contributed by atoms with E-state index in [0.29, 0.717) is 0 Å². The second-order valence-corrected chi connectivity index (χ2v) is 4.28. The minimum atomic E-state index is 0.733. The number of aromatic nitrogens is 4. The van der Waals surface area contributed by atoms with E-state index in [1.54, 1.807) is 6.20 Å². The molecule has 0 fully saturated rings. The normalized spacial score (nSPS) is 10.6. The Labute approximate surface area is 110 Å². The Kier molecular flexibility index (Phi) is 2.72. The molecule has 5 nitrogen and oxygen atoms in total. The van der Waals surface area contributed by atoms with Crippen LogP contribution < -0.4 is 5.73 Å². The van der Waals surface area contributed by atoms with Gasteiger partial charge in [-0.3, -0.25) is 4.57 Å². The van der Waals surface area contributed by atoms with Gasteiger partial charge >= 0.3 is 0 Å². The standard InChI is InChI=1S/C14H13N5/c1-10-2-7-13(18-17-10)19-9-8-16-14(19)11-3-5-12(15)6-4-11/h2-9H,15H2,1H3. The van der Waals surface area contributed by atoms with Gasteiger partial charge in [-0.05, 0) is 43.3 Å². The largest absolute Gasteiger partial charge is 0.399 e. The summed E-state index contributed by atoms with van der Waals surface area (Å²) in [6.45, 7) is 1.91. The molecule has 1 aromatic carbocycles. The molecule has 19 heavy (non-hydrogen) atoms. The third kappa shape index (κ3) is 2.18. The molecule has 0 atom stereocenters. The molecule has 2 heterocycles. The molecule has 0 saturated heterocycles. The highest BCUT2D eigenvalue weighted by atomic mass is 15.2. The molecule has 0 bridgehead atoms. The third-order valence-electron chi connectivity index (χ3n) is 2.84. The monoisotopic (exact) mass is 251 g/mol. The lowest BCUT2D eigenvalue weighted by Gasteiger charge is -2.06. The summed E-state index contributed by atoms with van der Waals surface area (Å²) in [5.74, 6) is 1.56. The van der Waals surface area contributed by atoms with E-state index in [4.69, 9.17) is 5.73 Å². The molecule has 0 amide bonds. The van der Waals surface area contributed by atoms with Gasteiger partial charge in [0.05, 0.1) is 5.69 Å². The first-order chi connectivity index (χ1) is 9.24. The van der Waals surface area contributed by atoms with Crippen molar-refractivity contribution in [3.8, 4) is 17.2 Å². The van der Waals surface area contributed by atoms with E-state index < -0.39 is 0 Å². The number of hydrogen-bond donors (Lipinski definition) is 1. The van der Waals surface area contributed by atoms with Gasteiger partial charge in [-0.25, -0.2) is 4.98 Å². The van der Waals surface area contributed by atoms with Gasteiger partial charge in [-0.15, -0.1) is 5.10 Å². The first-order valence-electron chi connectivity index (χ1n) is 5.94. The van der Waals surface area contributed by atoms with Crippen molar-refractivity contribution in [1.29, 1.82) is 0 Å². The van der Waals surface area contributed by atoms with Crippen LogP contribution in [0.3, 0.4) is 0 Å². The maximum atomic E-state index is 5.70. The van der Waals surface area contributed by atoms with E-state index in [-0.39, 0.29) is 0 Å². The number of nitrogen functional groups attached to an aromatic ring is 1. The summed E-state index contributed by atoms with van der Waals surface area (Å²) in [7, 11) is 0. The number of anilines is 1. The minimum absolute atomic E-state index is 0.733. The van der Waals surface area contributed by atoms with Crippen molar-refractivity contribution < 1.29 is 0 Å². The average Bonchev–Trinajstić information content (AvgIpc) is 2.90. The SMILES string of the molecule is Cc1ccc(-n2ccnc2-c2ccc(N)cc2)nn1. The Morgan fingerprint density at radius 3 is 2.47 bits per heavy atom. The summed E-state index contributed by atoms with van der Waals surface area (Å²) in [5.41, 5.74) is 8.30. The van der Waals surface area contributed by atoms with Gasteiger partial charge in [0.25, 0.3) is 0 Å². The number of nitrogens with two attached hydrogens (primary N) is 1. The highest BCUT2D eigenvalue weighted by molar-refractivity contribution is 5.60. The van der Waals surface area contributed by atoms with E-state index in [1.165, 1.54) is 0 Å². The number of benzene rings is 1. The van der Waals surface area contributed by atoms with Crippen molar-refractivity contribution in [1.82, 2.24) is 19.7 Å². The Balaban J connectivity index is 2.07. The summed E-state index contributed by atoms with van der Waals surface area (Å²) >= 11 is 0. The molecule has 0 spiro atoms. The van der Waals surface area contributed by atoms with E-state index in [0.717, 1.165) is 28.6 Å². The number of imidazole rings is 1. The van der Waals surface area contributed by atoms with Gasteiger partial charge in [-0.2, -0.15) is 5.10 Å². The fraction of sp³-hybridized carbons (Fsp3) is 0.0714. The van der Waals surface area contributed by atoms with Crippen LogP contribution in [0.25, 0.3) is 17.2 Å². The van der Waals surface area contributed by atoms with Gasteiger partial charge in [0, 0.05) is 23.6 Å². The van der Waals surface area contributed by atoms with Gasteiger partial charge in [0.2, 0.25) is 0 Å². The zero-order valence-electron chi connectivity index (χ0n) is 10.5. The average molecular weight is 251 g/mol. The Morgan fingerprint density at radius 1 is 1.00 bits per heavy atom. The Morgan fingerprint density at radius 2 is 1.79 bits per heavy atom. The predicted octanol–water partition coefficient (Wildman–Crippen LogP) is 2.22. The molecule has 3 rings (SSSR count). The fourth-order valence-corrected chi connectivity index (χ4v) is 1.85. The lowest BCUT2D eigenvalue weighted by molar-refractivity contribution is 0.895. The van der Waals surface area contributed by atoms with Crippen molar-refractivity contribution in [2.75, 3.05) is 5.73 Å². The smallest absolute Gasteiger partial charge is 0.161 e. The summed E-state index contributed by atoms with van der Waals surface area (Å²) in [4.78, 5) is 4.37. The zero-order chi connectivity index (χ0) is 13.2. The van der Waals surface area contributed by atoms with Gasteiger partial charge in [0.1, 0.15) is 5.82 Å². The second-order valence-electron chi connectivity index (χ2n) is 4.28. The Hall–Kier alpha value is -2.69. The van der Waals surface area contributed by atoms with Crippen molar-refractivity contribution >= 4 is 5.69 Å². The van der Waals surface area contributed by atoms with Crippen LogP contribution in [0, 0.1) is 6.92 Å². The molecule has 3 aromatic rings. The maximum Gasteiger partial charge on any atom is 0.161 e. The van der Waals surface area contributed by atoms with Gasteiger partial charge < -0.3 is 5.73 Å². The fourth-order valence-electron chi connectivity index (χ4n) is 1.85. The van der Waals surface area contributed by atoms with Crippen LogP contribution in [0.5, 0.6) is 0 Å². The number of hydrogen-bond acceptors (Lipinski definition) is 4. The summed E-state index contributed by atoms with van der Waals surface area (Å²) in [6.07, 6.45) is 3.61. The lowest BCUT2D eigenvalue weighted by atomic mass is 10.2. The molecule has 0 unspecified atom stereocenters. The van der Waals surface area contributed by atoms with Crippen molar-refractivity contribution in [3.05, 3.63) is 54.5 Å². The molecule has 94 valence electrons. The first kappa shape index (κ1) is 11.4. The van der Waals surface area contributed by atoms with Crippen molar-refractivity contribution in [3.63, 3.8) is 0 Å². The first-order valence-corrected chi connectivity index (χ1v) is 5.94. The van der Waals surface area contributed by atoms with E-state index in [1.807, 2.05) is 54.1 Å². The summed E-state index contributed by atoms with van der Waals surface area (Å²) in [5, 5.41) is 8.24. The van der Waals surface area contributed by atoms with Crippen LogP contribution >= 0.6 is 0 Å². The molecular weight excluding hydrogens is 238 g/mol. The number of aryl methyl sites for hydroxylation is 1. The van der Waals surface area contributed by atoms with E-state index >= 15 is 0 Å². The zero-order valence-corrected chi connectivity index (χ0v) is 10.5. The van der Waals surface area contributed by atoms with Crippen LogP contribution in [0.2, 0.25) is 0 Å².